The highest BCUT2D eigenvalue weighted by molar-refractivity contribution is 6.01. The average Bonchev–Trinajstić information content (AvgIpc) is 2.69. The molecule has 3 N–H and O–H groups in total. The van der Waals surface area contributed by atoms with Gasteiger partial charge >= 0.3 is 12.0 Å². The number of nitrogens with one attached hydrogen (secondary N) is 2. The standard InChI is InChI=1S/C19H16N4O5/c24-15(21-19(28)20-10-12-6-2-1-3-7-12)11-23-17(25)14-9-5-4-8-13(14)16(22-23)18(26)27/h1-9H,10-11H2,(H,26,27)(H2,20,21,24,28). The van der Waals surface area contributed by atoms with Gasteiger partial charge in [-0.25, -0.2) is 14.3 Å². The molecule has 0 saturated carbocycles. The lowest BCUT2D eigenvalue weighted by molar-refractivity contribution is -0.120. The molecule has 9 nitrogen and oxygen atoms in total. The molecule has 3 amide bonds. The van der Waals surface area contributed by atoms with Crippen LogP contribution in [0, 0.1) is 0 Å². The number of nitrogens with zero attached hydrogens (tertiary/aromatic N) is 2. The van der Waals surface area contributed by atoms with Crippen LogP contribution in [0.3, 0.4) is 0 Å². The number of hydrogen-bond acceptors (Lipinski definition) is 5. The molecular weight excluding hydrogens is 364 g/mol. The van der Waals surface area contributed by atoms with Crippen LogP contribution in [0.4, 0.5) is 4.79 Å². The van der Waals surface area contributed by atoms with Crippen molar-refractivity contribution in [2.24, 2.45) is 0 Å². The molecule has 1 aromatic heterocycles. The lowest BCUT2D eigenvalue weighted by Gasteiger charge is -2.10. The molecule has 0 saturated heterocycles. The molecule has 3 aromatic rings. The Morgan fingerprint density at radius 2 is 1.61 bits per heavy atom. The number of carboxylic acid groups (broad SMARTS) is 1. The van der Waals surface area contributed by atoms with E-state index < -0.39 is 30.0 Å². The van der Waals surface area contributed by atoms with Gasteiger partial charge in [0.1, 0.15) is 6.54 Å². The number of aromatic carboxylic acids is 1. The van der Waals surface area contributed by atoms with Gasteiger partial charge in [-0.15, -0.1) is 0 Å². The molecule has 0 bridgehead atoms. The van der Waals surface area contributed by atoms with E-state index in [-0.39, 0.29) is 23.0 Å². The van der Waals surface area contributed by atoms with Gasteiger partial charge in [0.15, 0.2) is 5.69 Å². The summed E-state index contributed by atoms with van der Waals surface area (Å²) in [6.45, 7) is -0.375. The number of carbonyl (C=O) groups is 3. The Labute approximate surface area is 158 Å². The summed E-state index contributed by atoms with van der Waals surface area (Å²) in [7, 11) is 0. The number of carbonyl (C=O) groups excluding carboxylic acids is 2. The lowest BCUT2D eigenvalue weighted by atomic mass is 10.1. The Hall–Kier alpha value is -4.01. The number of hydrogen-bond donors (Lipinski definition) is 3. The van der Waals surface area contributed by atoms with E-state index in [1.165, 1.54) is 12.1 Å². The predicted molar refractivity (Wildman–Crippen MR) is 99.8 cm³/mol. The van der Waals surface area contributed by atoms with E-state index in [2.05, 4.69) is 15.7 Å². The summed E-state index contributed by atoms with van der Waals surface area (Å²) in [4.78, 5) is 47.8. The summed E-state index contributed by atoms with van der Waals surface area (Å²) >= 11 is 0. The van der Waals surface area contributed by atoms with Crippen LogP contribution in [0.1, 0.15) is 16.1 Å². The highest BCUT2D eigenvalue weighted by Gasteiger charge is 2.17. The topological polar surface area (TPSA) is 130 Å². The number of carboxylic acids is 1. The fraction of sp³-hybridized carbons (Fsp3) is 0.105. The second-order valence-electron chi connectivity index (χ2n) is 5.88. The van der Waals surface area contributed by atoms with Crippen molar-refractivity contribution in [2.45, 2.75) is 13.1 Å². The Morgan fingerprint density at radius 3 is 2.29 bits per heavy atom. The monoisotopic (exact) mass is 380 g/mol. The van der Waals surface area contributed by atoms with Crippen LogP contribution < -0.4 is 16.2 Å². The minimum atomic E-state index is -1.33. The minimum absolute atomic E-state index is 0.122. The first-order chi connectivity index (χ1) is 13.5. The molecule has 1 heterocycles. The summed E-state index contributed by atoms with van der Waals surface area (Å²) < 4.78 is 0.728. The summed E-state index contributed by atoms with van der Waals surface area (Å²) in [6.07, 6.45) is 0. The van der Waals surface area contributed by atoms with Gasteiger partial charge in [-0.2, -0.15) is 5.10 Å². The van der Waals surface area contributed by atoms with Crippen LogP contribution in [0.25, 0.3) is 10.8 Å². The van der Waals surface area contributed by atoms with Gasteiger partial charge in [0.05, 0.1) is 5.39 Å². The van der Waals surface area contributed by atoms with E-state index in [1.807, 2.05) is 30.3 Å². The van der Waals surface area contributed by atoms with Gasteiger partial charge in [0, 0.05) is 11.9 Å². The van der Waals surface area contributed by atoms with Crippen molar-refractivity contribution in [3.63, 3.8) is 0 Å². The van der Waals surface area contributed by atoms with Gasteiger partial charge in [-0.3, -0.25) is 14.9 Å². The van der Waals surface area contributed by atoms with E-state index in [9.17, 15) is 24.3 Å². The van der Waals surface area contributed by atoms with Crippen LogP contribution in [-0.2, 0) is 17.9 Å². The van der Waals surface area contributed by atoms with Gasteiger partial charge in [0.25, 0.3) is 5.56 Å². The Morgan fingerprint density at radius 1 is 0.964 bits per heavy atom. The van der Waals surface area contributed by atoms with Crippen LogP contribution in [-0.4, -0.2) is 32.8 Å². The summed E-state index contributed by atoms with van der Waals surface area (Å²) in [5, 5.41) is 18.0. The van der Waals surface area contributed by atoms with E-state index in [0.717, 1.165) is 10.2 Å². The molecule has 142 valence electrons. The normalized spacial score (nSPS) is 10.4. The Bertz CT molecular complexity index is 1110. The van der Waals surface area contributed by atoms with Crippen molar-refractivity contribution < 1.29 is 19.5 Å². The molecule has 0 aliphatic rings. The molecule has 2 aromatic carbocycles. The molecule has 0 unspecified atom stereocenters. The number of urea groups is 1. The number of imide groups is 1. The number of aromatic nitrogens is 2. The number of rotatable bonds is 5. The zero-order valence-corrected chi connectivity index (χ0v) is 14.6. The quantitative estimate of drug-likeness (QED) is 0.608. The van der Waals surface area contributed by atoms with Gasteiger partial charge in [-0.05, 0) is 11.6 Å². The second kappa shape index (κ2) is 8.12. The van der Waals surface area contributed by atoms with Crippen molar-refractivity contribution >= 4 is 28.7 Å². The lowest BCUT2D eigenvalue weighted by Crippen LogP contribution is -2.42. The molecule has 0 aliphatic carbocycles. The molecule has 0 radical (unpaired) electrons. The number of benzene rings is 2. The largest absolute Gasteiger partial charge is 0.476 e. The zero-order valence-electron chi connectivity index (χ0n) is 14.6. The van der Waals surface area contributed by atoms with Crippen molar-refractivity contribution in [3.05, 3.63) is 76.2 Å². The van der Waals surface area contributed by atoms with Crippen LogP contribution in [0.5, 0.6) is 0 Å². The maximum atomic E-state index is 12.5. The fourth-order valence-corrected chi connectivity index (χ4v) is 2.62. The number of amides is 3. The SMILES string of the molecule is O=C(Cn1nc(C(=O)O)c2ccccc2c1=O)NC(=O)NCc1ccccc1. The van der Waals surface area contributed by atoms with Gasteiger partial charge < -0.3 is 10.4 Å². The molecule has 3 rings (SSSR count). The minimum Gasteiger partial charge on any atom is -0.476 e. The first-order valence-electron chi connectivity index (χ1n) is 8.30. The highest BCUT2D eigenvalue weighted by atomic mass is 16.4. The molecule has 0 spiro atoms. The van der Waals surface area contributed by atoms with Gasteiger partial charge in [0.2, 0.25) is 5.91 Å². The predicted octanol–water partition coefficient (Wildman–Crippen LogP) is 1.12. The molecular formula is C19H16N4O5. The van der Waals surface area contributed by atoms with Crippen LogP contribution in [0.2, 0.25) is 0 Å². The first-order valence-corrected chi connectivity index (χ1v) is 8.30. The summed E-state index contributed by atoms with van der Waals surface area (Å²) in [5.74, 6) is -2.13. The van der Waals surface area contributed by atoms with Crippen molar-refractivity contribution in [1.29, 1.82) is 0 Å². The van der Waals surface area contributed by atoms with Crippen molar-refractivity contribution in [3.8, 4) is 0 Å². The maximum Gasteiger partial charge on any atom is 0.357 e. The fourth-order valence-electron chi connectivity index (χ4n) is 2.62. The average molecular weight is 380 g/mol. The third-order valence-corrected chi connectivity index (χ3v) is 3.91. The van der Waals surface area contributed by atoms with Crippen molar-refractivity contribution in [2.75, 3.05) is 0 Å². The summed E-state index contributed by atoms with van der Waals surface area (Å²) in [6, 6.07) is 14.5. The van der Waals surface area contributed by atoms with Gasteiger partial charge in [-0.1, -0.05) is 48.5 Å². The van der Waals surface area contributed by atoms with E-state index >= 15 is 0 Å². The second-order valence-corrected chi connectivity index (χ2v) is 5.88. The molecule has 0 atom stereocenters. The Balaban J connectivity index is 1.72. The summed E-state index contributed by atoms with van der Waals surface area (Å²) in [5.41, 5.74) is -0.124. The van der Waals surface area contributed by atoms with E-state index in [4.69, 9.17) is 0 Å². The maximum absolute atomic E-state index is 12.5. The number of fused-ring (bicyclic) bond motifs is 1. The first kappa shape index (κ1) is 18.8. The third kappa shape index (κ3) is 4.21. The molecule has 9 heteroatoms. The molecule has 28 heavy (non-hydrogen) atoms. The molecule has 0 aliphatic heterocycles. The smallest absolute Gasteiger partial charge is 0.357 e. The highest BCUT2D eigenvalue weighted by Crippen LogP contribution is 2.12. The Kier molecular flexibility index (Phi) is 5.45. The van der Waals surface area contributed by atoms with E-state index in [1.54, 1.807) is 12.1 Å². The van der Waals surface area contributed by atoms with Crippen molar-refractivity contribution in [1.82, 2.24) is 20.4 Å². The van der Waals surface area contributed by atoms with E-state index in [0.29, 0.717) is 0 Å². The van der Waals surface area contributed by atoms with Crippen LogP contribution in [0.15, 0.2) is 59.4 Å². The zero-order chi connectivity index (χ0) is 20.1. The van der Waals surface area contributed by atoms with Crippen LogP contribution >= 0.6 is 0 Å². The third-order valence-electron chi connectivity index (χ3n) is 3.91. The molecule has 0 fully saturated rings.